The van der Waals surface area contributed by atoms with Crippen LogP contribution in [0.15, 0.2) is 29.2 Å². The molecule has 0 aliphatic carbocycles. The molecule has 1 N–H and O–H groups in total. The van der Waals surface area contributed by atoms with E-state index in [1.54, 1.807) is 16.8 Å². The third-order valence-corrected chi connectivity index (χ3v) is 6.39. The number of nitrogens with zero attached hydrogens (tertiary/aromatic N) is 4. The maximum absolute atomic E-state index is 13.6. The van der Waals surface area contributed by atoms with Gasteiger partial charge in [0.2, 0.25) is 0 Å². The average Bonchev–Trinajstić information content (AvgIpc) is 2.77. The molecule has 33 heavy (non-hydrogen) atoms. The zero-order chi connectivity index (χ0) is 23.7. The first kappa shape index (κ1) is 23.2. The van der Waals surface area contributed by atoms with E-state index < -0.39 is 0 Å². The predicted molar refractivity (Wildman–Crippen MR) is 128 cm³/mol. The molecule has 1 fully saturated rings. The molecule has 4 heterocycles. The summed E-state index contributed by atoms with van der Waals surface area (Å²) in [5.74, 6) is 0.627. The number of piperidine rings is 1. The maximum Gasteiger partial charge on any atom is 0.267 e. The van der Waals surface area contributed by atoms with Crippen LogP contribution in [0.1, 0.15) is 49.5 Å². The highest BCUT2D eigenvalue weighted by molar-refractivity contribution is 5.97. The van der Waals surface area contributed by atoms with Crippen LogP contribution in [0.5, 0.6) is 0 Å². The number of likely N-dealkylation sites (tertiary alicyclic amines) is 1. The van der Waals surface area contributed by atoms with Crippen molar-refractivity contribution in [2.24, 2.45) is 11.8 Å². The van der Waals surface area contributed by atoms with Crippen molar-refractivity contribution in [1.29, 1.82) is 5.41 Å². The molecule has 3 aromatic rings. The van der Waals surface area contributed by atoms with E-state index in [9.17, 15) is 9.59 Å². The smallest absolute Gasteiger partial charge is 0.267 e. The van der Waals surface area contributed by atoms with Crippen LogP contribution >= 0.6 is 0 Å². The van der Waals surface area contributed by atoms with Crippen LogP contribution in [-0.2, 0) is 11.3 Å². The quantitative estimate of drug-likeness (QED) is 0.461. The van der Waals surface area contributed by atoms with Gasteiger partial charge in [0.1, 0.15) is 16.8 Å². The van der Waals surface area contributed by atoms with Gasteiger partial charge >= 0.3 is 0 Å². The lowest BCUT2D eigenvalue weighted by atomic mass is 9.91. The third-order valence-electron chi connectivity index (χ3n) is 6.39. The largest absolute Gasteiger partial charge is 0.382 e. The van der Waals surface area contributed by atoms with Crippen LogP contribution in [0.2, 0.25) is 0 Å². The van der Waals surface area contributed by atoms with Gasteiger partial charge in [0.15, 0.2) is 0 Å². The Morgan fingerprint density at radius 2 is 1.97 bits per heavy atom. The fourth-order valence-corrected chi connectivity index (χ4v) is 4.95. The SMILES string of the molecule is CCOCCCn1c(=N)c(C(=O)N2CC(C)CC(C)C2)cc2c(=O)n3cccc(C)c3nc21. The molecule has 0 radical (unpaired) electrons. The molecule has 1 amide bonds. The van der Waals surface area contributed by atoms with Crippen molar-refractivity contribution in [2.45, 2.75) is 47.1 Å². The summed E-state index contributed by atoms with van der Waals surface area (Å²) in [6.07, 6.45) is 3.44. The van der Waals surface area contributed by atoms with Crippen molar-refractivity contribution in [3.05, 3.63) is 51.4 Å². The van der Waals surface area contributed by atoms with Crippen molar-refractivity contribution in [3.8, 4) is 0 Å². The van der Waals surface area contributed by atoms with Gasteiger partial charge in [0, 0.05) is 39.0 Å². The van der Waals surface area contributed by atoms with Gasteiger partial charge in [-0.15, -0.1) is 0 Å². The van der Waals surface area contributed by atoms with Gasteiger partial charge in [-0.25, -0.2) is 4.98 Å². The second-order valence-electron chi connectivity index (χ2n) is 9.30. The second-order valence-corrected chi connectivity index (χ2v) is 9.30. The molecule has 1 saturated heterocycles. The summed E-state index contributed by atoms with van der Waals surface area (Å²) in [5, 5.41) is 9.27. The molecule has 1 aliphatic heterocycles. The maximum atomic E-state index is 13.6. The van der Waals surface area contributed by atoms with Crippen LogP contribution in [0.25, 0.3) is 16.7 Å². The number of carbonyl (C=O) groups is 1. The highest BCUT2D eigenvalue weighted by Crippen LogP contribution is 2.22. The molecule has 4 rings (SSSR count). The summed E-state index contributed by atoms with van der Waals surface area (Å²) in [6, 6.07) is 5.30. The van der Waals surface area contributed by atoms with Gasteiger partial charge in [0.25, 0.3) is 11.5 Å². The van der Waals surface area contributed by atoms with E-state index in [0.717, 1.165) is 12.0 Å². The number of rotatable bonds is 6. The molecule has 0 bridgehead atoms. The number of fused-ring (bicyclic) bond motifs is 2. The zero-order valence-corrected chi connectivity index (χ0v) is 19.9. The molecule has 2 atom stereocenters. The Kier molecular flexibility index (Phi) is 6.65. The van der Waals surface area contributed by atoms with Crippen molar-refractivity contribution in [1.82, 2.24) is 18.9 Å². The highest BCUT2D eigenvalue weighted by Gasteiger charge is 2.28. The number of amides is 1. The summed E-state index contributed by atoms with van der Waals surface area (Å²) < 4.78 is 8.70. The van der Waals surface area contributed by atoms with Crippen molar-refractivity contribution in [2.75, 3.05) is 26.3 Å². The van der Waals surface area contributed by atoms with Gasteiger partial charge in [0.05, 0.1) is 10.9 Å². The standard InChI is InChI=1S/C25H33N5O3/c1-5-33-11-7-10-29-21(26)19(24(31)28-14-16(2)12-17(3)15-28)13-20-23(29)27-22-18(4)8-6-9-30(22)25(20)32/h6,8-9,13,16-17,26H,5,7,10-12,14-15H2,1-4H3. The Labute approximate surface area is 193 Å². The molecular weight excluding hydrogens is 418 g/mol. The van der Waals surface area contributed by atoms with Crippen LogP contribution < -0.4 is 11.0 Å². The Morgan fingerprint density at radius 3 is 2.67 bits per heavy atom. The number of carbonyl (C=O) groups excluding carboxylic acids is 1. The molecule has 3 aromatic heterocycles. The van der Waals surface area contributed by atoms with E-state index in [-0.39, 0.29) is 22.5 Å². The first-order valence-corrected chi connectivity index (χ1v) is 11.8. The minimum atomic E-state index is -0.230. The molecule has 8 heteroatoms. The van der Waals surface area contributed by atoms with Crippen LogP contribution in [-0.4, -0.2) is 51.1 Å². The lowest BCUT2D eigenvalue weighted by Crippen LogP contribution is -2.45. The van der Waals surface area contributed by atoms with E-state index in [4.69, 9.17) is 15.1 Å². The Bertz CT molecular complexity index is 1300. The van der Waals surface area contributed by atoms with Crippen LogP contribution in [0, 0.1) is 24.2 Å². The van der Waals surface area contributed by atoms with Gasteiger partial charge < -0.3 is 14.2 Å². The number of aryl methyl sites for hydroxylation is 2. The molecular formula is C25H33N5O3. The molecule has 2 unspecified atom stereocenters. The third kappa shape index (κ3) is 4.44. The zero-order valence-electron chi connectivity index (χ0n) is 19.9. The topological polar surface area (TPSA) is 92.7 Å². The Balaban J connectivity index is 1.90. The fourth-order valence-electron chi connectivity index (χ4n) is 4.95. The summed E-state index contributed by atoms with van der Waals surface area (Å²) in [7, 11) is 0. The molecule has 0 saturated carbocycles. The molecule has 0 spiro atoms. The Hall–Kier alpha value is -3.00. The number of ether oxygens (including phenoxy) is 1. The van der Waals surface area contributed by atoms with Crippen molar-refractivity contribution >= 4 is 22.6 Å². The molecule has 1 aliphatic rings. The van der Waals surface area contributed by atoms with E-state index in [1.807, 2.05) is 30.9 Å². The lowest BCUT2D eigenvalue weighted by Gasteiger charge is -2.35. The number of nitrogens with one attached hydrogen (secondary N) is 1. The average molecular weight is 452 g/mol. The lowest BCUT2D eigenvalue weighted by molar-refractivity contribution is 0.0620. The summed E-state index contributed by atoms with van der Waals surface area (Å²) in [6.45, 7) is 11.1. The van der Waals surface area contributed by atoms with Gasteiger partial charge in [-0.2, -0.15) is 0 Å². The molecule has 176 valence electrons. The summed E-state index contributed by atoms with van der Waals surface area (Å²) in [5.41, 5.74) is 2.00. The van der Waals surface area contributed by atoms with Gasteiger partial charge in [-0.3, -0.25) is 19.4 Å². The van der Waals surface area contributed by atoms with Crippen LogP contribution in [0.4, 0.5) is 0 Å². The molecule has 0 aromatic carbocycles. The predicted octanol–water partition coefficient (Wildman–Crippen LogP) is 2.98. The second kappa shape index (κ2) is 9.47. The fraction of sp³-hybridized carbons (Fsp3) is 0.520. The number of pyridine rings is 2. The molecule has 8 nitrogen and oxygen atoms in total. The first-order valence-electron chi connectivity index (χ1n) is 11.8. The normalized spacial score (nSPS) is 18.8. The summed E-state index contributed by atoms with van der Waals surface area (Å²) in [4.78, 5) is 33.6. The summed E-state index contributed by atoms with van der Waals surface area (Å²) >= 11 is 0. The van der Waals surface area contributed by atoms with E-state index in [1.165, 1.54) is 4.40 Å². The monoisotopic (exact) mass is 451 g/mol. The van der Waals surface area contributed by atoms with Gasteiger partial charge in [-0.05, 0) is 56.2 Å². The number of hydrogen-bond acceptors (Lipinski definition) is 5. The van der Waals surface area contributed by atoms with Crippen molar-refractivity contribution in [3.63, 3.8) is 0 Å². The first-order chi connectivity index (χ1) is 15.8. The highest BCUT2D eigenvalue weighted by atomic mass is 16.5. The van der Waals surface area contributed by atoms with E-state index in [0.29, 0.717) is 67.8 Å². The van der Waals surface area contributed by atoms with E-state index >= 15 is 0 Å². The van der Waals surface area contributed by atoms with Gasteiger partial charge in [-0.1, -0.05) is 19.9 Å². The van der Waals surface area contributed by atoms with Crippen LogP contribution in [0.3, 0.4) is 0 Å². The minimum absolute atomic E-state index is 0.0970. The van der Waals surface area contributed by atoms with Crippen molar-refractivity contribution < 1.29 is 9.53 Å². The number of aromatic nitrogens is 3. The Morgan fingerprint density at radius 1 is 1.24 bits per heavy atom. The number of hydrogen-bond donors (Lipinski definition) is 1. The van der Waals surface area contributed by atoms with E-state index in [2.05, 4.69) is 13.8 Å². The minimum Gasteiger partial charge on any atom is -0.382 e.